The van der Waals surface area contributed by atoms with Gasteiger partial charge in [-0.2, -0.15) is 0 Å². The minimum Gasteiger partial charge on any atom is -0.448 e. The number of halogens is 1. The molecule has 24 heavy (non-hydrogen) atoms. The van der Waals surface area contributed by atoms with Crippen molar-refractivity contribution in [3.8, 4) is 0 Å². The predicted molar refractivity (Wildman–Crippen MR) is 86.3 cm³/mol. The zero-order valence-corrected chi connectivity index (χ0v) is 12.8. The van der Waals surface area contributed by atoms with Crippen LogP contribution in [0.5, 0.6) is 0 Å². The Hall–Kier alpha value is -3.22. The van der Waals surface area contributed by atoms with E-state index in [2.05, 4.69) is 15.0 Å². The van der Waals surface area contributed by atoms with Crippen LogP contribution in [-0.4, -0.2) is 15.0 Å². The standard InChI is InChI=1S/C17H14FN3O3/c1-2-15-12(19-9-24-15)8-14-17(23)20-13(16(22)21-14)7-10-4-3-5-11(18)6-10/h3-9H,2H2,1H3,(H,20,23)(H,21,22)/b13-7-,14-8-. The van der Waals surface area contributed by atoms with Gasteiger partial charge < -0.3 is 14.4 Å². The Morgan fingerprint density at radius 3 is 2.54 bits per heavy atom. The van der Waals surface area contributed by atoms with Gasteiger partial charge in [0.05, 0.1) is 0 Å². The van der Waals surface area contributed by atoms with Crippen molar-refractivity contribution in [3.63, 3.8) is 0 Å². The lowest BCUT2D eigenvalue weighted by Gasteiger charge is -1.94. The molecule has 3 rings (SSSR count). The highest BCUT2D eigenvalue weighted by Crippen LogP contribution is 2.07. The van der Waals surface area contributed by atoms with Gasteiger partial charge in [0.25, 0.3) is 11.1 Å². The molecule has 0 aliphatic rings. The fourth-order valence-corrected chi connectivity index (χ4v) is 2.26. The highest BCUT2D eigenvalue weighted by molar-refractivity contribution is 5.48. The van der Waals surface area contributed by atoms with E-state index < -0.39 is 16.9 Å². The third-order valence-corrected chi connectivity index (χ3v) is 3.42. The first-order chi connectivity index (χ1) is 11.6. The normalized spacial score (nSPS) is 12.8. The van der Waals surface area contributed by atoms with Gasteiger partial charge in [0, 0.05) is 6.42 Å². The van der Waals surface area contributed by atoms with Gasteiger partial charge in [0.2, 0.25) is 0 Å². The Morgan fingerprint density at radius 2 is 1.88 bits per heavy atom. The molecule has 0 saturated heterocycles. The van der Waals surface area contributed by atoms with Crippen LogP contribution in [-0.2, 0) is 6.42 Å². The Labute approximate surface area is 135 Å². The molecule has 6 nitrogen and oxygen atoms in total. The van der Waals surface area contributed by atoms with Crippen LogP contribution in [0.1, 0.15) is 23.9 Å². The van der Waals surface area contributed by atoms with Crippen molar-refractivity contribution in [3.05, 3.63) is 84.9 Å². The largest absolute Gasteiger partial charge is 0.448 e. The SMILES string of the molecule is CCc1ocnc1/C=c1\[nH]c(=O)/c(=C/c2cccc(F)c2)[nH]c1=O. The quantitative estimate of drug-likeness (QED) is 0.729. The molecule has 2 N–H and O–H groups in total. The van der Waals surface area contributed by atoms with E-state index in [1.807, 2.05) is 6.92 Å². The third-order valence-electron chi connectivity index (χ3n) is 3.42. The van der Waals surface area contributed by atoms with Gasteiger partial charge >= 0.3 is 0 Å². The lowest BCUT2D eigenvalue weighted by atomic mass is 10.2. The van der Waals surface area contributed by atoms with Crippen molar-refractivity contribution >= 4 is 12.2 Å². The summed E-state index contributed by atoms with van der Waals surface area (Å²) in [5.74, 6) is 0.191. The molecule has 0 spiro atoms. The summed E-state index contributed by atoms with van der Waals surface area (Å²) in [6.45, 7) is 1.89. The number of aryl methyl sites for hydroxylation is 1. The topological polar surface area (TPSA) is 91.8 Å². The van der Waals surface area contributed by atoms with Crippen molar-refractivity contribution in [1.82, 2.24) is 15.0 Å². The average Bonchev–Trinajstić information content (AvgIpc) is 2.99. The zero-order valence-electron chi connectivity index (χ0n) is 12.8. The number of aromatic nitrogens is 3. The van der Waals surface area contributed by atoms with Crippen molar-refractivity contribution in [2.45, 2.75) is 13.3 Å². The van der Waals surface area contributed by atoms with E-state index >= 15 is 0 Å². The minimum absolute atomic E-state index is 0.0404. The number of aromatic amines is 2. The number of hydrogen-bond donors (Lipinski definition) is 2. The second kappa shape index (κ2) is 6.49. The lowest BCUT2D eigenvalue weighted by Crippen LogP contribution is -2.46. The van der Waals surface area contributed by atoms with Crippen LogP contribution < -0.4 is 21.8 Å². The summed E-state index contributed by atoms with van der Waals surface area (Å²) in [7, 11) is 0. The van der Waals surface area contributed by atoms with Crippen LogP contribution in [0.4, 0.5) is 4.39 Å². The van der Waals surface area contributed by atoms with Crippen LogP contribution in [0.3, 0.4) is 0 Å². The highest BCUT2D eigenvalue weighted by atomic mass is 19.1. The zero-order chi connectivity index (χ0) is 17.1. The Bertz CT molecular complexity index is 1110. The molecular weight excluding hydrogens is 313 g/mol. The lowest BCUT2D eigenvalue weighted by molar-refractivity contribution is 0.509. The molecule has 2 aromatic heterocycles. The first-order valence-electron chi connectivity index (χ1n) is 7.31. The van der Waals surface area contributed by atoms with Gasteiger partial charge in [-0.3, -0.25) is 9.59 Å². The summed E-state index contributed by atoms with van der Waals surface area (Å²) < 4.78 is 18.4. The summed E-state index contributed by atoms with van der Waals surface area (Å²) in [4.78, 5) is 33.3. The van der Waals surface area contributed by atoms with Crippen LogP contribution in [0.15, 0.2) is 44.7 Å². The molecule has 3 aromatic rings. The Kier molecular flexibility index (Phi) is 4.24. The second-order valence-electron chi connectivity index (χ2n) is 5.09. The number of nitrogens with one attached hydrogen (secondary N) is 2. The van der Waals surface area contributed by atoms with Gasteiger partial charge in [-0.1, -0.05) is 19.1 Å². The number of hydrogen-bond acceptors (Lipinski definition) is 4. The van der Waals surface area contributed by atoms with Crippen LogP contribution in [0, 0.1) is 5.82 Å². The molecule has 0 amide bonds. The molecule has 0 aliphatic heterocycles. The molecule has 0 fully saturated rings. The minimum atomic E-state index is -0.494. The maximum absolute atomic E-state index is 13.2. The fraction of sp³-hybridized carbons (Fsp3) is 0.118. The number of benzene rings is 1. The monoisotopic (exact) mass is 327 g/mol. The van der Waals surface area contributed by atoms with Crippen molar-refractivity contribution in [2.75, 3.05) is 0 Å². The fourth-order valence-electron chi connectivity index (χ4n) is 2.26. The molecule has 0 atom stereocenters. The molecule has 7 heteroatoms. The molecule has 122 valence electrons. The first-order valence-corrected chi connectivity index (χ1v) is 7.31. The smallest absolute Gasteiger partial charge is 0.272 e. The van der Waals surface area contributed by atoms with E-state index in [4.69, 9.17) is 4.42 Å². The van der Waals surface area contributed by atoms with E-state index in [9.17, 15) is 14.0 Å². The molecule has 0 unspecified atom stereocenters. The summed E-state index contributed by atoms with van der Waals surface area (Å²) >= 11 is 0. The van der Waals surface area contributed by atoms with Crippen molar-refractivity contribution in [2.24, 2.45) is 0 Å². The van der Waals surface area contributed by atoms with Crippen LogP contribution >= 0.6 is 0 Å². The number of H-pyrrole nitrogens is 2. The molecule has 0 aliphatic carbocycles. The number of nitrogens with zero attached hydrogens (tertiary/aromatic N) is 1. The summed E-state index contributed by atoms with van der Waals surface area (Å²) in [6.07, 6.45) is 4.75. The summed E-state index contributed by atoms with van der Waals surface area (Å²) in [6, 6.07) is 5.71. The second-order valence-corrected chi connectivity index (χ2v) is 5.09. The van der Waals surface area contributed by atoms with Crippen LogP contribution in [0.2, 0.25) is 0 Å². The van der Waals surface area contributed by atoms with Crippen molar-refractivity contribution in [1.29, 1.82) is 0 Å². The molecule has 2 heterocycles. The molecule has 0 saturated carbocycles. The van der Waals surface area contributed by atoms with Gasteiger partial charge in [-0.25, -0.2) is 9.37 Å². The average molecular weight is 327 g/mol. The highest BCUT2D eigenvalue weighted by Gasteiger charge is 2.04. The molecule has 1 aromatic carbocycles. The molecular formula is C17H14FN3O3. The first kappa shape index (κ1) is 15.7. The summed E-state index contributed by atoms with van der Waals surface area (Å²) in [5.41, 5.74) is -0.0212. The van der Waals surface area contributed by atoms with E-state index in [0.29, 0.717) is 23.4 Å². The van der Waals surface area contributed by atoms with Crippen LogP contribution in [0.25, 0.3) is 12.2 Å². The van der Waals surface area contributed by atoms with E-state index in [0.717, 1.165) is 0 Å². The van der Waals surface area contributed by atoms with E-state index in [1.54, 1.807) is 6.07 Å². The van der Waals surface area contributed by atoms with E-state index in [-0.39, 0.29) is 10.7 Å². The Balaban J connectivity index is 2.14. The van der Waals surface area contributed by atoms with Gasteiger partial charge in [0.15, 0.2) is 6.39 Å². The van der Waals surface area contributed by atoms with Crippen molar-refractivity contribution < 1.29 is 8.81 Å². The molecule has 0 bridgehead atoms. The molecule has 0 radical (unpaired) electrons. The maximum atomic E-state index is 13.2. The Morgan fingerprint density at radius 1 is 1.17 bits per heavy atom. The predicted octanol–water partition coefficient (Wildman–Crippen LogP) is 0.410. The van der Waals surface area contributed by atoms with Gasteiger partial charge in [-0.15, -0.1) is 0 Å². The number of oxazole rings is 1. The van der Waals surface area contributed by atoms with E-state index in [1.165, 1.54) is 36.7 Å². The van der Waals surface area contributed by atoms with Gasteiger partial charge in [0.1, 0.15) is 28.0 Å². The summed E-state index contributed by atoms with van der Waals surface area (Å²) in [5, 5.41) is 0.110. The van der Waals surface area contributed by atoms with Gasteiger partial charge in [-0.05, 0) is 29.8 Å². The maximum Gasteiger partial charge on any atom is 0.272 e. The third kappa shape index (κ3) is 3.24. The number of rotatable bonds is 3.